The Hall–Kier alpha value is -1.99. The fraction of sp³-hybridized carbons (Fsp3) is 0.250. The Kier molecular flexibility index (Phi) is 3.54. The van der Waals surface area contributed by atoms with E-state index in [0.29, 0.717) is 0 Å². The molecule has 1 aromatic carbocycles. The summed E-state index contributed by atoms with van der Waals surface area (Å²) < 4.78 is 36.2. The summed E-state index contributed by atoms with van der Waals surface area (Å²) in [6.45, 7) is 0. The van der Waals surface area contributed by atoms with Crippen LogP contribution in [0.2, 0.25) is 0 Å². The molecule has 0 aliphatic heterocycles. The van der Waals surface area contributed by atoms with Crippen molar-refractivity contribution in [2.75, 3.05) is 5.32 Å². The monoisotopic (exact) mass is 236 g/mol. The molecule has 1 aromatic rings. The molecule has 0 saturated heterocycles. The standard InChI is InChI=1S/C8H7F3N2O3/c9-7(10)8(11)12-5-2-1-4(13(15)16)3-6(5)14/h1-3,7-8,12,14H. The maximum Gasteiger partial charge on any atom is 0.287 e. The molecule has 0 saturated carbocycles. The van der Waals surface area contributed by atoms with E-state index in [4.69, 9.17) is 0 Å². The lowest BCUT2D eigenvalue weighted by Gasteiger charge is -2.11. The Morgan fingerprint density at radius 2 is 2.00 bits per heavy atom. The molecule has 16 heavy (non-hydrogen) atoms. The molecule has 0 spiro atoms. The maximum atomic E-state index is 12.5. The molecule has 5 nitrogen and oxygen atoms in total. The van der Waals surface area contributed by atoms with Gasteiger partial charge in [0, 0.05) is 6.07 Å². The van der Waals surface area contributed by atoms with Crippen molar-refractivity contribution in [3.05, 3.63) is 28.3 Å². The molecule has 8 heteroatoms. The second-order valence-electron chi connectivity index (χ2n) is 2.84. The summed E-state index contributed by atoms with van der Waals surface area (Å²) in [6, 6.07) is 2.64. The molecule has 0 heterocycles. The number of rotatable bonds is 4. The van der Waals surface area contributed by atoms with Gasteiger partial charge >= 0.3 is 0 Å². The average molecular weight is 236 g/mol. The third-order valence-electron chi connectivity index (χ3n) is 1.71. The lowest BCUT2D eigenvalue weighted by Crippen LogP contribution is -2.22. The highest BCUT2D eigenvalue weighted by Gasteiger charge is 2.20. The van der Waals surface area contributed by atoms with Crippen LogP contribution in [0.5, 0.6) is 5.75 Å². The van der Waals surface area contributed by atoms with Crippen molar-refractivity contribution < 1.29 is 23.2 Å². The van der Waals surface area contributed by atoms with Gasteiger partial charge in [-0.1, -0.05) is 0 Å². The molecular formula is C8H7F3N2O3. The minimum Gasteiger partial charge on any atom is -0.506 e. The van der Waals surface area contributed by atoms with Crippen LogP contribution in [-0.2, 0) is 0 Å². The molecule has 1 rings (SSSR count). The molecule has 0 radical (unpaired) electrons. The largest absolute Gasteiger partial charge is 0.506 e. The molecule has 0 aliphatic carbocycles. The summed E-state index contributed by atoms with van der Waals surface area (Å²) in [7, 11) is 0. The van der Waals surface area contributed by atoms with Crippen molar-refractivity contribution in [3.63, 3.8) is 0 Å². The van der Waals surface area contributed by atoms with Gasteiger partial charge in [0.05, 0.1) is 16.7 Å². The van der Waals surface area contributed by atoms with Crippen molar-refractivity contribution >= 4 is 11.4 Å². The first-order chi connectivity index (χ1) is 7.41. The summed E-state index contributed by atoms with van der Waals surface area (Å²) >= 11 is 0. The highest BCUT2D eigenvalue weighted by atomic mass is 19.3. The first-order valence-corrected chi connectivity index (χ1v) is 4.08. The predicted molar refractivity (Wildman–Crippen MR) is 49.3 cm³/mol. The van der Waals surface area contributed by atoms with Crippen LogP contribution < -0.4 is 5.32 Å². The lowest BCUT2D eigenvalue weighted by atomic mass is 10.2. The number of nitrogens with one attached hydrogen (secondary N) is 1. The number of nitrogens with zero attached hydrogens (tertiary/aromatic N) is 1. The van der Waals surface area contributed by atoms with E-state index in [1.54, 1.807) is 5.32 Å². The summed E-state index contributed by atoms with van der Waals surface area (Å²) in [5.41, 5.74) is -0.756. The third-order valence-corrected chi connectivity index (χ3v) is 1.71. The molecule has 0 fully saturated rings. The van der Waals surface area contributed by atoms with E-state index in [1.807, 2.05) is 0 Å². The normalized spacial score (nSPS) is 12.5. The Morgan fingerprint density at radius 3 is 2.44 bits per heavy atom. The van der Waals surface area contributed by atoms with Crippen LogP contribution in [0.4, 0.5) is 24.5 Å². The Morgan fingerprint density at radius 1 is 1.38 bits per heavy atom. The van der Waals surface area contributed by atoms with Crippen LogP contribution >= 0.6 is 0 Å². The van der Waals surface area contributed by atoms with E-state index in [-0.39, 0.29) is 5.69 Å². The number of anilines is 1. The van der Waals surface area contributed by atoms with Crippen LogP contribution in [0.3, 0.4) is 0 Å². The molecule has 1 unspecified atom stereocenters. The number of hydrogen-bond donors (Lipinski definition) is 2. The molecule has 2 N–H and O–H groups in total. The van der Waals surface area contributed by atoms with Crippen LogP contribution in [0.15, 0.2) is 18.2 Å². The second-order valence-corrected chi connectivity index (χ2v) is 2.84. The number of phenols is 1. The summed E-state index contributed by atoms with van der Waals surface area (Å²) in [5.74, 6) is -0.669. The van der Waals surface area contributed by atoms with Crippen LogP contribution in [0, 0.1) is 10.1 Å². The van der Waals surface area contributed by atoms with Gasteiger partial charge in [0.15, 0.2) is 0 Å². The third kappa shape index (κ3) is 2.75. The number of nitro benzene ring substituents is 1. The Labute approximate surface area is 87.7 Å². The first kappa shape index (κ1) is 12.1. The Bertz CT molecular complexity index is 400. The van der Waals surface area contributed by atoms with E-state index >= 15 is 0 Å². The highest BCUT2D eigenvalue weighted by molar-refractivity contribution is 5.60. The number of phenolic OH excluding ortho intramolecular Hbond substituents is 1. The molecule has 0 bridgehead atoms. The SMILES string of the molecule is O=[N+]([O-])c1ccc(NC(F)C(F)F)c(O)c1. The number of non-ortho nitro benzene ring substituents is 1. The topological polar surface area (TPSA) is 75.4 Å². The molecule has 1 atom stereocenters. The van der Waals surface area contributed by atoms with Crippen molar-refractivity contribution in [2.24, 2.45) is 0 Å². The van der Waals surface area contributed by atoms with Crippen LogP contribution in [0.1, 0.15) is 0 Å². The van der Waals surface area contributed by atoms with E-state index in [9.17, 15) is 28.4 Å². The smallest absolute Gasteiger partial charge is 0.287 e. The summed E-state index contributed by atoms with van der Waals surface area (Å²) in [5, 5.41) is 21.2. The van der Waals surface area contributed by atoms with Crippen LogP contribution in [-0.4, -0.2) is 22.8 Å². The number of halogens is 3. The van der Waals surface area contributed by atoms with Gasteiger partial charge in [0.25, 0.3) is 12.1 Å². The van der Waals surface area contributed by atoms with Gasteiger partial charge in [-0.2, -0.15) is 0 Å². The summed E-state index contributed by atoms with van der Waals surface area (Å²) in [6.07, 6.45) is -5.90. The van der Waals surface area contributed by atoms with E-state index in [1.165, 1.54) is 0 Å². The zero-order valence-corrected chi connectivity index (χ0v) is 7.73. The van der Waals surface area contributed by atoms with Gasteiger partial charge in [-0.25, -0.2) is 13.2 Å². The fourth-order valence-corrected chi connectivity index (χ4v) is 0.967. The lowest BCUT2D eigenvalue weighted by molar-refractivity contribution is -0.384. The number of hydrogen-bond acceptors (Lipinski definition) is 4. The van der Waals surface area contributed by atoms with Gasteiger partial charge in [0.2, 0.25) is 6.30 Å². The van der Waals surface area contributed by atoms with Gasteiger partial charge < -0.3 is 10.4 Å². The molecule has 0 aromatic heterocycles. The quantitative estimate of drug-likeness (QED) is 0.364. The Balaban J connectivity index is 2.87. The minimum atomic E-state index is -3.26. The second kappa shape index (κ2) is 4.69. The number of nitro groups is 1. The first-order valence-electron chi connectivity index (χ1n) is 4.08. The van der Waals surface area contributed by atoms with Gasteiger partial charge in [-0.3, -0.25) is 10.1 Å². The zero-order chi connectivity index (χ0) is 12.3. The predicted octanol–water partition coefficient (Wildman–Crippen LogP) is 2.27. The minimum absolute atomic E-state index is 0.335. The molecule has 0 amide bonds. The van der Waals surface area contributed by atoms with E-state index in [0.717, 1.165) is 18.2 Å². The van der Waals surface area contributed by atoms with E-state index in [2.05, 4.69) is 0 Å². The number of aromatic hydroxyl groups is 1. The number of alkyl halides is 3. The molecule has 0 aliphatic rings. The zero-order valence-electron chi connectivity index (χ0n) is 7.73. The van der Waals surface area contributed by atoms with Crippen molar-refractivity contribution in [3.8, 4) is 5.75 Å². The fourth-order valence-electron chi connectivity index (χ4n) is 0.967. The highest BCUT2D eigenvalue weighted by Crippen LogP contribution is 2.29. The number of benzene rings is 1. The van der Waals surface area contributed by atoms with Gasteiger partial charge in [0.1, 0.15) is 5.75 Å². The van der Waals surface area contributed by atoms with Crippen molar-refractivity contribution in [1.29, 1.82) is 0 Å². The molecular weight excluding hydrogens is 229 g/mol. The van der Waals surface area contributed by atoms with Crippen molar-refractivity contribution in [1.82, 2.24) is 0 Å². The maximum absolute atomic E-state index is 12.5. The van der Waals surface area contributed by atoms with Gasteiger partial charge in [-0.05, 0) is 6.07 Å². The average Bonchev–Trinajstić information content (AvgIpc) is 2.20. The van der Waals surface area contributed by atoms with Crippen molar-refractivity contribution in [2.45, 2.75) is 12.7 Å². The van der Waals surface area contributed by atoms with Gasteiger partial charge in [-0.15, -0.1) is 0 Å². The van der Waals surface area contributed by atoms with Crippen LogP contribution in [0.25, 0.3) is 0 Å². The molecule has 88 valence electrons. The summed E-state index contributed by atoms with van der Waals surface area (Å²) in [4.78, 5) is 9.50. The van der Waals surface area contributed by atoms with E-state index < -0.39 is 29.1 Å².